The molecule has 0 spiro atoms. The molecular formula is C13H13BrN6O2. The molecule has 22 heavy (non-hydrogen) atoms. The monoisotopic (exact) mass is 364 g/mol. The van der Waals surface area contributed by atoms with Crippen LogP contribution in [0.25, 0.3) is 17.2 Å². The number of anilines is 1. The van der Waals surface area contributed by atoms with E-state index < -0.39 is 0 Å². The van der Waals surface area contributed by atoms with Crippen molar-refractivity contribution in [2.24, 2.45) is 0 Å². The van der Waals surface area contributed by atoms with Gasteiger partial charge in [0.1, 0.15) is 12.0 Å². The molecule has 1 saturated heterocycles. The van der Waals surface area contributed by atoms with Gasteiger partial charge in [-0.1, -0.05) is 0 Å². The van der Waals surface area contributed by atoms with Crippen LogP contribution >= 0.6 is 15.9 Å². The van der Waals surface area contributed by atoms with Crippen molar-refractivity contribution in [1.82, 2.24) is 24.6 Å². The topological polar surface area (TPSA) is 104 Å². The molecule has 9 heteroatoms. The molecule has 1 unspecified atom stereocenters. The standard InChI is InChI=1S/C13H13BrN6O2/c14-9-10(12-16-3-5-22-12)18-13(15)20-11(9)17-8(19-20)6-7-2-1-4-21-7/h3,5,7H,1-2,4,6H2,(H2,15,18). The molecule has 0 amide bonds. The minimum absolute atomic E-state index is 0.177. The van der Waals surface area contributed by atoms with Crippen molar-refractivity contribution in [1.29, 1.82) is 0 Å². The molecule has 0 bridgehead atoms. The number of fused-ring (bicyclic) bond motifs is 1. The van der Waals surface area contributed by atoms with E-state index in [1.54, 1.807) is 6.20 Å². The third-order valence-corrected chi connectivity index (χ3v) is 4.30. The number of nitrogens with zero attached hydrogens (tertiary/aromatic N) is 5. The number of nitrogens with two attached hydrogens (primary N) is 1. The summed E-state index contributed by atoms with van der Waals surface area (Å²) in [6.45, 7) is 0.805. The Morgan fingerprint density at radius 2 is 2.32 bits per heavy atom. The SMILES string of the molecule is Nc1nc(-c2ncco2)c(Br)c2nc(CC3CCCO3)nn12. The first kappa shape index (κ1) is 13.6. The lowest BCUT2D eigenvalue weighted by Crippen LogP contribution is -2.10. The summed E-state index contributed by atoms with van der Waals surface area (Å²) in [6, 6.07) is 0. The number of hydrogen-bond acceptors (Lipinski definition) is 7. The van der Waals surface area contributed by atoms with E-state index in [2.05, 4.69) is 36.0 Å². The Balaban J connectivity index is 1.78. The first-order chi connectivity index (χ1) is 10.7. The van der Waals surface area contributed by atoms with E-state index in [4.69, 9.17) is 14.9 Å². The summed E-state index contributed by atoms with van der Waals surface area (Å²) in [5.41, 5.74) is 7.08. The molecule has 114 valence electrons. The first-order valence-electron chi connectivity index (χ1n) is 6.94. The lowest BCUT2D eigenvalue weighted by molar-refractivity contribution is 0.110. The Hall–Kier alpha value is -2.00. The number of rotatable bonds is 3. The Morgan fingerprint density at radius 1 is 1.41 bits per heavy atom. The normalized spacial score (nSPS) is 18.3. The maximum atomic E-state index is 5.98. The highest BCUT2D eigenvalue weighted by atomic mass is 79.9. The van der Waals surface area contributed by atoms with E-state index in [9.17, 15) is 0 Å². The van der Waals surface area contributed by atoms with Gasteiger partial charge in [-0.05, 0) is 28.8 Å². The van der Waals surface area contributed by atoms with E-state index in [0.717, 1.165) is 19.4 Å². The second kappa shape index (κ2) is 5.33. The third kappa shape index (κ3) is 2.26. The van der Waals surface area contributed by atoms with Crippen LogP contribution < -0.4 is 5.73 Å². The van der Waals surface area contributed by atoms with Crippen molar-refractivity contribution >= 4 is 27.5 Å². The summed E-state index contributed by atoms with van der Waals surface area (Å²) in [4.78, 5) is 12.9. The largest absolute Gasteiger partial charge is 0.443 e. The quantitative estimate of drug-likeness (QED) is 0.755. The molecule has 2 N–H and O–H groups in total. The second-order valence-corrected chi connectivity index (χ2v) is 5.87. The highest BCUT2D eigenvalue weighted by Crippen LogP contribution is 2.30. The summed E-state index contributed by atoms with van der Waals surface area (Å²) in [6.07, 6.45) is 6.00. The average Bonchev–Trinajstić information content (AvgIpc) is 3.23. The molecule has 1 aliphatic rings. The van der Waals surface area contributed by atoms with Crippen molar-refractivity contribution in [3.63, 3.8) is 0 Å². The number of oxazole rings is 1. The molecule has 1 aliphatic heterocycles. The summed E-state index contributed by atoms with van der Waals surface area (Å²) in [7, 11) is 0. The van der Waals surface area contributed by atoms with Crippen LogP contribution in [0, 0.1) is 0 Å². The minimum atomic E-state index is 0.177. The lowest BCUT2D eigenvalue weighted by atomic mass is 10.2. The van der Waals surface area contributed by atoms with Crippen molar-refractivity contribution in [3.8, 4) is 11.6 Å². The first-order valence-corrected chi connectivity index (χ1v) is 7.74. The fraction of sp³-hybridized carbons (Fsp3) is 0.385. The van der Waals surface area contributed by atoms with Crippen LogP contribution in [0.3, 0.4) is 0 Å². The molecule has 1 atom stereocenters. The van der Waals surface area contributed by atoms with Gasteiger partial charge < -0.3 is 14.9 Å². The summed E-state index contributed by atoms with van der Waals surface area (Å²) in [5.74, 6) is 1.30. The number of ether oxygens (including phenoxy) is 1. The van der Waals surface area contributed by atoms with E-state index in [-0.39, 0.29) is 12.1 Å². The van der Waals surface area contributed by atoms with Crippen molar-refractivity contribution in [3.05, 3.63) is 22.8 Å². The van der Waals surface area contributed by atoms with E-state index >= 15 is 0 Å². The van der Waals surface area contributed by atoms with Gasteiger partial charge in [-0.3, -0.25) is 0 Å². The third-order valence-electron chi connectivity index (χ3n) is 3.57. The van der Waals surface area contributed by atoms with Crippen LogP contribution in [-0.2, 0) is 11.2 Å². The van der Waals surface area contributed by atoms with Gasteiger partial charge in [0.05, 0.1) is 16.8 Å². The van der Waals surface area contributed by atoms with Gasteiger partial charge >= 0.3 is 0 Å². The average molecular weight is 365 g/mol. The minimum Gasteiger partial charge on any atom is -0.443 e. The molecule has 0 aliphatic carbocycles. The number of halogens is 1. The zero-order chi connectivity index (χ0) is 15.1. The van der Waals surface area contributed by atoms with Gasteiger partial charge in [-0.15, -0.1) is 5.10 Å². The second-order valence-electron chi connectivity index (χ2n) is 5.07. The molecule has 3 aromatic heterocycles. The maximum Gasteiger partial charge on any atom is 0.246 e. The lowest BCUT2D eigenvalue weighted by Gasteiger charge is -2.04. The highest BCUT2D eigenvalue weighted by molar-refractivity contribution is 9.10. The van der Waals surface area contributed by atoms with Crippen molar-refractivity contribution in [2.45, 2.75) is 25.4 Å². The highest BCUT2D eigenvalue weighted by Gasteiger charge is 2.22. The number of nitrogen functional groups attached to an aromatic ring is 1. The van der Waals surface area contributed by atoms with Gasteiger partial charge in [0.15, 0.2) is 11.5 Å². The molecule has 1 fully saturated rings. The van der Waals surface area contributed by atoms with Crippen LogP contribution in [0.15, 0.2) is 21.3 Å². The summed E-state index contributed by atoms with van der Waals surface area (Å²) in [5, 5.41) is 4.42. The fourth-order valence-corrected chi connectivity index (χ4v) is 3.07. The zero-order valence-corrected chi connectivity index (χ0v) is 13.2. The molecule has 0 saturated carbocycles. The van der Waals surface area contributed by atoms with E-state index in [1.807, 2.05) is 0 Å². The van der Waals surface area contributed by atoms with Gasteiger partial charge in [0.2, 0.25) is 11.8 Å². The van der Waals surface area contributed by atoms with Crippen LogP contribution in [0.5, 0.6) is 0 Å². The predicted octanol–water partition coefficient (Wildman–Crippen LogP) is 1.85. The van der Waals surface area contributed by atoms with Crippen molar-refractivity contribution < 1.29 is 9.15 Å². The molecule has 4 heterocycles. The molecule has 0 aromatic carbocycles. The molecular weight excluding hydrogens is 352 g/mol. The van der Waals surface area contributed by atoms with Crippen LogP contribution in [0.2, 0.25) is 0 Å². The Morgan fingerprint density at radius 3 is 3.05 bits per heavy atom. The van der Waals surface area contributed by atoms with Crippen LogP contribution in [0.4, 0.5) is 5.95 Å². The smallest absolute Gasteiger partial charge is 0.246 e. The fourth-order valence-electron chi connectivity index (χ4n) is 2.55. The Kier molecular flexibility index (Phi) is 3.30. The molecule has 3 aromatic rings. The van der Waals surface area contributed by atoms with Gasteiger partial charge in [0.25, 0.3) is 0 Å². The van der Waals surface area contributed by atoms with Gasteiger partial charge in [-0.2, -0.15) is 4.52 Å². The maximum absolute atomic E-state index is 5.98. The molecule has 4 rings (SSSR count). The summed E-state index contributed by atoms with van der Waals surface area (Å²) < 4.78 is 13.1. The predicted molar refractivity (Wildman–Crippen MR) is 81.1 cm³/mol. The molecule has 0 radical (unpaired) electrons. The van der Waals surface area contributed by atoms with E-state index in [1.165, 1.54) is 10.8 Å². The van der Waals surface area contributed by atoms with Crippen molar-refractivity contribution in [2.75, 3.05) is 12.3 Å². The Bertz CT molecular complexity index is 810. The van der Waals surface area contributed by atoms with Crippen LogP contribution in [-0.4, -0.2) is 37.3 Å². The number of hydrogen-bond donors (Lipinski definition) is 1. The number of aromatic nitrogens is 5. The van der Waals surface area contributed by atoms with E-state index in [0.29, 0.717) is 33.9 Å². The summed E-state index contributed by atoms with van der Waals surface area (Å²) >= 11 is 3.49. The van der Waals surface area contributed by atoms with Crippen LogP contribution in [0.1, 0.15) is 18.7 Å². The zero-order valence-electron chi connectivity index (χ0n) is 11.6. The molecule has 8 nitrogen and oxygen atoms in total. The van der Waals surface area contributed by atoms with Gasteiger partial charge in [0, 0.05) is 13.0 Å². The Labute approximate surface area is 133 Å². The van der Waals surface area contributed by atoms with Gasteiger partial charge in [-0.25, -0.2) is 15.0 Å².